The van der Waals surface area contributed by atoms with Crippen LogP contribution in [0.3, 0.4) is 0 Å². The van der Waals surface area contributed by atoms with E-state index in [4.69, 9.17) is 0 Å². The summed E-state index contributed by atoms with van der Waals surface area (Å²) in [6.45, 7) is 1.38. The summed E-state index contributed by atoms with van der Waals surface area (Å²) in [5, 5.41) is 0. The Balaban J connectivity index is 2.75. The molecule has 0 N–H and O–H groups in total. The van der Waals surface area contributed by atoms with Gasteiger partial charge < -0.3 is 4.74 Å². The van der Waals surface area contributed by atoms with Gasteiger partial charge in [-0.3, -0.25) is 9.59 Å². The van der Waals surface area contributed by atoms with Gasteiger partial charge in [0.15, 0.2) is 0 Å². The van der Waals surface area contributed by atoms with Gasteiger partial charge in [-0.2, -0.15) is 0 Å². The number of carbonyl (C=O) groups is 3. The number of hydrogen-bond donors (Lipinski definition) is 0. The largest absolute Gasteiger partial charge is 0.465 e. The van der Waals surface area contributed by atoms with Crippen LogP contribution in [0.1, 0.15) is 29.3 Å². The average Bonchev–Trinajstić information content (AvgIpc) is 2.27. The molecule has 17 heavy (non-hydrogen) atoms. The number of esters is 1. The molecule has 0 radical (unpaired) electrons. The molecular weight excluding hydrogens is 220 g/mol. The Morgan fingerprint density at radius 3 is 2.53 bits per heavy atom. The van der Waals surface area contributed by atoms with Crippen molar-refractivity contribution in [1.82, 2.24) is 0 Å². The molecule has 0 atom stereocenters. The zero-order valence-corrected chi connectivity index (χ0v) is 9.86. The van der Waals surface area contributed by atoms with Crippen LogP contribution in [-0.4, -0.2) is 24.6 Å². The van der Waals surface area contributed by atoms with Crippen molar-refractivity contribution in [2.24, 2.45) is 0 Å². The van der Waals surface area contributed by atoms with Crippen molar-refractivity contribution >= 4 is 17.5 Å². The van der Waals surface area contributed by atoms with Gasteiger partial charge in [-0.1, -0.05) is 12.1 Å². The summed E-state index contributed by atoms with van der Waals surface area (Å²) in [4.78, 5) is 33.5. The zero-order valence-electron chi connectivity index (χ0n) is 9.86. The Kier molecular flexibility index (Phi) is 4.57. The maximum atomic E-state index is 11.4. The first-order valence-corrected chi connectivity index (χ1v) is 5.21. The van der Waals surface area contributed by atoms with E-state index >= 15 is 0 Å². The van der Waals surface area contributed by atoms with Gasteiger partial charge in [0.1, 0.15) is 11.6 Å². The molecule has 0 saturated heterocycles. The third kappa shape index (κ3) is 4.18. The van der Waals surface area contributed by atoms with E-state index in [1.807, 2.05) is 0 Å². The number of hydrogen-bond acceptors (Lipinski definition) is 4. The first kappa shape index (κ1) is 13.1. The number of Topliss-reactive ketones (excluding diaryl/α,β-unsaturated/α-hetero) is 2. The van der Waals surface area contributed by atoms with E-state index in [1.54, 1.807) is 24.3 Å². The summed E-state index contributed by atoms with van der Waals surface area (Å²) in [5.74, 6) is -0.746. The summed E-state index contributed by atoms with van der Waals surface area (Å²) in [6.07, 6.45) is 0.0901. The highest BCUT2D eigenvalue weighted by Gasteiger charge is 2.09. The number of ketones is 2. The van der Waals surface area contributed by atoms with Crippen molar-refractivity contribution in [2.45, 2.75) is 19.8 Å². The van der Waals surface area contributed by atoms with Crippen LogP contribution in [0.2, 0.25) is 0 Å². The van der Waals surface area contributed by atoms with Crippen LogP contribution in [0.5, 0.6) is 0 Å². The van der Waals surface area contributed by atoms with Gasteiger partial charge in [-0.15, -0.1) is 0 Å². The van der Waals surface area contributed by atoms with Crippen molar-refractivity contribution in [3.8, 4) is 0 Å². The summed E-state index contributed by atoms with van der Waals surface area (Å²) in [5.41, 5.74) is 1.11. The Morgan fingerprint density at radius 1 is 1.24 bits per heavy atom. The van der Waals surface area contributed by atoms with Gasteiger partial charge in [0, 0.05) is 6.42 Å². The van der Waals surface area contributed by atoms with Crippen LogP contribution in [0, 0.1) is 0 Å². The molecule has 0 aromatic heterocycles. The predicted octanol–water partition coefficient (Wildman–Crippen LogP) is 1.56. The molecule has 0 aliphatic rings. The molecule has 0 amide bonds. The molecule has 0 unspecified atom stereocenters. The smallest absolute Gasteiger partial charge is 0.337 e. The van der Waals surface area contributed by atoms with Crippen molar-refractivity contribution in [3.05, 3.63) is 35.4 Å². The van der Waals surface area contributed by atoms with E-state index < -0.39 is 5.97 Å². The molecule has 4 nitrogen and oxygen atoms in total. The molecule has 0 heterocycles. The van der Waals surface area contributed by atoms with Crippen LogP contribution in [0.4, 0.5) is 0 Å². The fourth-order valence-corrected chi connectivity index (χ4v) is 1.49. The summed E-state index contributed by atoms with van der Waals surface area (Å²) in [7, 11) is 1.30. The van der Waals surface area contributed by atoms with Crippen LogP contribution >= 0.6 is 0 Å². The van der Waals surface area contributed by atoms with Crippen LogP contribution in [0.15, 0.2) is 24.3 Å². The molecular formula is C13H14O4. The van der Waals surface area contributed by atoms with E-state index in [9.17, 15) is 14.4 Å². The van der Waals surface area contributed by atoms with E-state index in [-0.39, 0.29) is 24.4 Å². The maximum absolute atomic E-state index is 11.4. The lowest BCUT2D eigenvalue weighted by molar-refractivity contribution is -0.125. The summed E-state index contributed by atoms with van der Waals surface area (Å²) < 4.78 is 4.58. The third-order valence-corrected chi connectivity index (χ3v) is 2.20. The second-order valence-corrected chi connectivity index (χ2v) is 3.79. The Hall–Kier alpha value is -1.97. The lowest BCUT2D eigenvalue weighted by Gasteiger charge is -2.03. The van der Waals surface area contributed by atoms with E-state index in [2.05, 4.69) is 4.74 Å². The molecule has 0 saturated carbocycles. The number of benzene rings is 1. The number of rotatable bonds is 5. The highest BCUT2D eigenvalue weighted by Crippen LogP contribution is 2.08. The number of carbonyl (C=O) groups excluding carboxylic acids is 3. The van der Waals surface area contributed by atoms with Gasteiger partial charge in [0.2, 0.25) is 0 Å². The number of methoxy groups -OCH3 is 1. The average molecular weight is 234 g/mol. The van der Waals surface area contributed by atoms with Crippen LogP contribution < -0.4 is 0 Å². The topological polar surface area (TPSA) is 60.4 Å². The number of ether oxygens (including phenoxy) is 1. The zero-order chi connectivity index (χ0) is 12.8. The molecule has 1 rings (SSSR count). The second-order valence-electron chi connectivity index (χ2n) is 3.79. The molecule has 0 spiro atoms. The fourth-order valence-electron chi connectivity index (χ4n) is 1.49. The Morgan fingerprint density at radius 2 is 1.94 bits per heavy atom. The Labute approximate surface area is 99.6 Å². The van der Waals surface area contributed by atoms with E-state index in [0.717, 1.165) is 0 Å². The molecule has 90 valence electrons. The Bertz CT molecular complexity index is 448. The monoisotopic (exact) mass is 234 g/mol. The van der Waals surface area contributed by atoms with Crippen molar-refractivity contribution in [2.75, 3.05) is 7.11 Å². The van der Waals surface area contributed by atoms with E-state index in [1.165, 1.54) is 14.0 Å². The molecule has 4 heteroatoms. The van der Waals surface area contributed by atoms with Gasteiger partial charge in [0.25, 0.3) is 0 Å². The minimum atomic E-state index is -0.439. The maximum Gasteiger partial charge on any atom is 0.337 e. The summed E-state index contributed by atoms with van der Waals surface area (Å²) in [6, 6.07) is 6.64. The molecule has 0 aliphatic carbocycles. The van der Waals surface area contributed by atoms with Crippen LogP contribution in [0.25, 0.3) is 0 Å². The van der Waals surface area contributed by atoms with E-state index in [0.29, 0.717) is 11.1 Å². The van der Waals surface area contributed by atoms with Gasteiger partial charge in [0.05, 0.1) is 19.1 Å². The SMILES string of the molecule is COC(=O)c1cccc(CC(=O)CC(C)=O)c1. The highest BCUT2D eigenvalue weighted by atomic mass is 16.5. The lowest BCUT2D eigenvalue weighted by atomic mass is 10.0. The molecule has 0 bridgehead atoms. The van der Waals surface area contributed by atoms with Gasteiger partial charge >= 0.3 is 5.97 Å². The van der Waals surface area contributed by atoms with Crippen molar-refractivity contribution < 1.29 is 19.1 Å². The fraction of sp³-hybridized carbons (Fsp3) is 0.308. The van der Waals surface area contributed by atoms with Gasteiger partial charge in [-0.05, 0) is 24.6 Å². The third-order valence-electron chi connectivity index (χ3n) is 2.20. The van der Waals surface area contributed by atoms with Crippen molar-refractivity contribution in [3.63, 3.8) is 0 Å². The first-order chi connectivity index (χ1) is 8.02. The van der Waals surface area contributed by atoms with Crippen LogP contribution in [-0.2, 0) is 20.7 Å². The molecule has 1 aromatic rings. The first-order valence-electron chi connectivity index (χ1n) is 5.21. The second kappa shape index (κ2) is 5.94. The predicted molar refractivity (Wildman–Crippen MR) is 61.8 cm³/mol. The lowest BCUT2D eigenvalue weighted by Crippen LogP contribution is -2.08. The molecule has 1 aromatic carbocycles. The standard InChI is InChI=1S/C13H14O4/c1-9(14)6-12(15)8-10-4-3-5-11(7-10)13(16)17-2/h3-5,7H,6,8H2,1-2H3. The minimum absolute atomic E-state index is 0.0670. The minimum Gasteiger partial charge on any atom is -0.465 e. The van der Waals surface area contributed by atoms with Crippen molar-refractivity contribution in [1.29, 1.82) is 0 Å². The van der Waals surface area contributed by atoms with Gasteiger partial charge in [-0.25, -0.2) is 4.79 Å². The summed E-state index contributed by atoms with van der Waals surface area (Å²) >= 11 is 0. The highest BCUT2D eigenvalue weighted by molar-refractivity contribution is 5.99. The normalized spacial score (nSPS) is 9.76. The quantitative estimate of drug-likeness (QED) is 0.573. The molecule has 0 aliphatic heterocycles. The molecule has 0 fully saturated rings.